The summed E-state index contributed by atoms with van der Waals surface area (Å²) in [5.74, 6) is 2.47. The minimum atomic E-state index is 0.411. The smallest absolute Gasteiger partial charge is 0.147 e. The fraction of sp³-hybridized carbons (Fsp3) is 0.636. The first-order valence-corrected chi connectivity index (χ1v) is 7.20. The summed E-state index contributed by atoms with van der Waals surface area (Å²) in [4.78, 5) is 10.7. The first kappa shape index (κ1) is 13.6. The minimum absolute atomic E-state index is 0.411. The van der Waals surface area contributed by atoms with Crippen molar-refractivity contribution in [2.24, 2.45) is 0 Å². The van der Waals surface area contributed by atoms with Gasteiger partial charge in [0.1, 0.15) is 5.82 Å². The van der Waals surface area contributed by atoms with E-state index in [1.165, 1.54) is 0 Å². The van der Waals surface area contributed by atoms with Crippen molar-refractivity contribution in [1.82, 2.24) is 9.97 Å². The molecule has 1 unspecified atom stereocenters. The van der Waals surface area contributed by atoms with Crippen LogP contribution in [0.3, 0.4) is 0 Å². The van der Waals surface area contributed by atoms with Gasteiger partial charge in [0.05, 0.1) is 17.8 Å². The summed E-state index contributed by atoms with van der Waals surface area (Å²) in [7, 11) is 2.05. The van der Waals surface area contributed by atoms with Crippen LogP contribution in [0.2, 0.25) is 0 Å². The van der Waals surface area contributed by atoms with Gasteiger partial charge in [-0.15, -0.1) is 11.6 Å². The standard InChI is InChI=1S/C11H18ClN3S/c1-9(4-5-16-3)15(2)11-8-13-7-10(6-12)14-11/h7-9H,4-6H2,1-3H3. The molecule has 1 aromatic rings. The predicted molar refractivity (Wildman–Crippen MR) is 72.5 cm³/mol. The summed E-state index contributed by atoms with van der Waals surface area (Å²) in [6.07, 6.45) is 6.76. The Bertz CT molecular complexity index is 322. The van der Waals surface area contributed by atoms with E-state index in [4.69, 9.17) is 11.6 Å². The molecule has 0 amide bonds. The van der Waals surface area contributed by atoms with E-state index >= 15 is 0 Å². The topological polar surface area (TPSA) is 29.0 Å². The number of anilines is 1. The molecule has 0 aliphatic rings. The molecule has 0 radical (unpaired) electrons. The molecule has 1 heterocycles. The van der Waals surface area contributed by atoms with Gasteiger partial charge in [0.25, 0.3) is 0 Å². The maximum atomic E-state index is 5.74. The Hall–Kier alpha value is -0.480. The highest BCUT2D eigenvalue weighted by Gasteiger charge is 2.11. The Labute approximate surface area is 107 Å². The molecule has 0 N–H and O–H groups in total. The average molecular weight is 260 g/mol. The van der Waals surface area contributed by atoms with E-state index in [1.54, 1.807) is 12.4 Å². The lowest BCUT2D eigenvalue weighted by atomic mass is 10.2. The molecule has 0 aromatic carbocycles. The predicted octanol–water partition coefficient (Wildman–Crippen LogP) is 2.79. The van der Waals surface area contributed by atoms with Gasteiger partial charge in [-0.05, 0) is 25.4 Å². The van der Waals surface area contributed by atoms with E-state index in [0.717, 1.165) is 23.7 Å². The Kier molecular flexibility index (Phi) is 5.91. The molecule has 1 aromatic heterocycles. The second-order valence-electron chi connectivity index (χ2n) is 3.74. The van der Waals surface area contributed by atoms with Crippen molar-refractivity contribution in [3.8, 4) is 0 Å². The monoisotopic (exact) mass is 259 g/mol. The highest BCUT2D eigenvalue weighted by atomic mass is 35.5. The SMILES string of the molecule is CSCCC(C)N(C)c1cncc(CCl)n1. The number of thioether (sulfide) groups is 1. The molecular weight excluding hydrogens is 242 g/mol. The van der Waals surface area contributed by atoms with Gasteiger partial charge in [0.15, 0.2) is 0 Å². The normalized spacial score (nSPS) is 12.5. The summed E-state index contributed by atoms with van der Waals surface area (Å²) in [6, 6.07) is 0.465. The third-order valence-corrected chi connectivity index (χ3v) is 3.49. The molecular formula is C11H18ClN3S. The minimum Gasteiger partial charge on any atom is -0.356 e. The lowest BCUT2D eigenvalue weighted by Gasteiger charge is -2.25. The number of halogens is 1. The highest BCUT2D eigenvalue weighted by Crippen LogP contribution is 2.15. The summed E-state index contributed by atoms with van der Waals surface area (Å²) in [6.45, 7) is 2.20. The third-order valence-electron chi connectivity index (χ3n) is 2.57. The van der Waals surface area contributed by atoms with Crippen LogP contribution in [0.5, 0.6) is 0 Å². The Morgan fingerprint density at radius 3 is 2.88 bits per heavy atom. The first-order chi connectivity index (χ1) is 7.69. The summed E-state index contributed by atoms with van der Waals surface area (Å²) in [5, 5.41) is 0. The van der Waals surface area contributed by atoms with E-state index in [-0.39, 0.29) is 0 Å². The van der Waals surface area contributed by atoms with Crippen molar-refractivity contribution in [3.05, 3.63) is 18.1 Å². The van der Waals surface area contributed by atoms with Crippen molar-refractivity contribution in [2.75, 3.05) is 24.0 Å². The first-order valence-electron chi connectivity index (χ1n) is 5.27. The van der Waals surface area contributed by atoms with E-state index in [0.29, 0.717) is 11.9 Å². The summed E-state index contributed by atoms with van der Waals surface area (Å²) >= 11 is 7.61. The number of hydrogen-bond donors (Lipinski definition) is 0. The molecule has 0 bridgehead atoms. The summed E-state index contributed by atoms with van der Waals surface area (Å²) < 4.78 is 0. The highest BCUT2D eigenvalue weighted by molar-refractivity contribution is 7.98. The molecule has 3 nitrogen and oxygen atoms in total. The van der Waals surface area contributed by atoms with Gasteiger partial charge >= 0.3 is 0 Å². The molecule has 0 saturated carbocycles. The third kappa shape index (κ3) is 3.83. The van der Waals surface area contributed by atoms with E-state index < -0.39 is 0 Å². The van der Waals surface area contributed by atoms with Gasteiger partial charge in [-0.3, -0.25) is 4.98 Å². The lowest BCUT2D eigenvalue weighted by Crippen LogP contribution is -2.30. The van der Waals surface area contributed by atoms with Gasteiger partial charge in [-0.2, -0.15) is 11.8 Å². The molecule has 0 aliphatic carbocycles. The zero-order valence-corrected chi connectivity index (χ0v) is 11.6. The number of aromatic nitrogens is 2. The van der Waals surface area contributed by atoms with Gasteiger partial charge in [-0.25, -0.2) is 4.98 Å². The van der Waals surface area contributed by atoms with Gasteiger partial charge in [-0.1, -0.05) is 0 Å². The van der Waals surface area contributed by atoms with Crippen LogP contribution in [-0.2, 0) is 5.88 Å². The van der Waals surface area contributed by atoms with Crippen molar-refractivity contribution in [2.45, 2.75) is 25.3 Å². The molecule has 0 aliphatic heterocycles. The zero-order valence-electron chi connectivity index (χ0n) is 9.98. The Balaban J connectivity index is 2.67. The lowest BCUT2D eigenvalue weighted by molar-refractivity contribution is 0.659. The number of alkyl halides is 1. The Morgan fingerprint density at radius 1 is 1.50 bits per heavy atom. The number of hydrogen-bond acceptors (Lipinski definition) is 4. The second-order valence-corrected chi connectivity index (χ2v) is 5.00. The molecule has 0 saturated heterocycles. The zero-order chi connectivity index (χ0) is 12.0. The van der Waals surface area contributed by atoms with E-state index in [2.05, 4.69) is 28.0 Å². The number of nitrogens with zero attached hydrogens (tertiary/aromatic N) is 3. The number of rotatable bonds is 6. The van der Waals surface area contributed by atoms with Crippen LogP contribution in [0.4, 0.5) is 5.82 Å². The largest absolute Gasteiger partial charge is 0.356 e. The average Bonchev–Trinajstić information content (AvgIpc) is 2.35. The molecule has 0 fully saturated rings. The van der Waals surface area contributed by atoms with E-state index in [1.807, 2.05) is 18.8 Å². The Morgan fingerprint density at radius 2 is 2.25 bits per heavy atom. The van der Waals surface area contributed by atoms with Crippen molar-refractivity contribution in [1.29, 1.82) is 0 Å². The van der Waals surface area contributed by atoms with Crippen molar-refractivity contribution >= 4 is 29.2 Å². The van der Waals surface area contributed by atoms with Gasteiger partial charge < -0.3 is 4.90 Å². The van der Waals surface area contributed by atoms with Crippen LogP contribution in [0, 0.1) is 0 Å². The van der Waals surface area contributed by atoms with Crippen molar-refractivity contribution < 1.29 is 0 Å². The van der Waals surface area contributed by atoms with Crippen LogP contribution < -0.4 is 4.90 Å². The molecule has 90 valence electrons. The van der Waals surface area contributed by atoms with Crippen LogP contribution in [-0.4, -0.2) is 35.1 Å². The molecule has 1 rings (SSSR count). The van der Waals surface area contributed by atoms with Crippen LogP contribution in [0.25, 0.3) is 0 Å². The van der Waals surface area contributed by atoms with Crippen LogP contribution in [0.1, 0.15) is 19.0 Å². The quantitative estimate of drug-likeness (QED) is 0.735. The maximum absolute atomic E-state index is 5.74. The van der Waals surface area contributed by atoms with Crippen LogP contribution in [0.15, 0.2) is 12.4 Å². The fourth-order valence-corrected chi connectivity index (χ4v) is 2.04. The molecule has 0 spiro atoms. The summed E-state index contributed by atoms with van der Waals surface area (Å²) in [5.41, 5.74) is 0.822. The molecule has 16 heavy (non-hydrogen) atoms. The fourth-order valence-electron chi connectivity index (χ4n) is 1.34. The van der Waals surface area contributed by atoms with Gasteiger partial charge in [0.2, 0.25) is 0 Å². The molecule has 1 atom stereocenters. The maximum Gasteiger partial charge on any atom is 0.147 e. The molecule has 5 heteroatoms. The van der Waals surface area contributed by atoms with Crippen molar-refractivity contribution in [3.63, 3.8) is 0 Å². The van der Waals surface area contributed by atoms with Crippen LogP contribution >= 0.6 is 23.4 Å². The van der Waals surface area contributed by atoms with E-state index in [9.17, 15) is 0 Å². The second kappa shape index (κ2) is 6.97. The van der Waals surface area contributed by atoms with Gasteiger partial charge in [0, 0.05) is 19.3 Å².